The molecule has 1 rings (SSSR count). The molecule has 0 aliphatic heterocycles. The van der Waals surface area contributed by atoms with E-state index in [9.17, 15) is 19.5 Å². The van der Waals surface area contributed by atoms with Gasteiger partial charge in [0.15, 0.2) is 0 Å². The van der Waals surface area contributed by atoms with E-state index in [4.69, 9.17) is 9.84 Å². The normalized spacial score (nSPS) is 22.6. The molecule has 0 spiro atoms. The Bertz CT molecular complexity index is 520. The van der Waals surface area contributed by atoms with E-state index < -0.39 is 28.9 Å². The lowest BCUT2D eigenvalue weighted by atomic mass is 9.73. The number of ether oxygens (including phenoxy) is 1. The summed E-state index contributed by atoms with van der Waals surface area (Å²) in [5.41, 5.74) is -2.47. The predicted octanol–water partition coefficient (Wildman–Crippen LogP) is 1.76. The Kier molecular flexibility index (Phi) is 4.07. The Morgan fingerprint density at radius 3 is 2.15 bits per heavy atom. The van der Waals surface area contributed by atoms with Gasteiger partial charge in [-0.25, -0.2) is 9.59 Å². The van der Waals surface area contributed by atoms with Crippen molar-refractivity contribution in [1.29, 1.82) is 0 Å². The third-order valence-electron chi connectivity index (χ3n) is 2.96. The van der Waals surface area contributed by atoms with Crippen LogP contribution >= 0.6 is 0 Å². The monoisotopic (exact) mass is 282 g/mol. The van der Waals surface area contributed by atoms with E-state index in [2.05, 4.69) is 0 Å². The second-order valence-electron chi connectivity index (χ2n) is 5.89. The summed E-state index contributed by atoms with van der Waals surface area (Å²) in [4.78, 5) is 34.5. The summed E-state index contributed by atoms with van der Waals surface area (Å²) < 4.78 is 5.17. The van der Waals surface area contributed by atoms with Crippen molar-refractivity contribution >= 4 is 17.9 Å². The SMILES string of the molecule is CC(C)(C)OC(=O)C1=CC=C(C(=O)O)CC1(C)C(=O)O. The molecule has 6 nitrogen and oxygen atoms in total. The van der Waals surface area contributed by atoms with E-state index in [0.717, 1.165) is 0 Å². The maximum Gasteiger partial charge on any atom is 0.335 e. The highest BCUT2D eigenvalue weighted by atomic mass is 16.6. The lowest BCUT2D eigenvalue weighted by molar-refractivity contribution is -0.157. The van der Waals surface area contributed by atoms with E-state index in [1.165, 1.54) is 19.1 Å². The second kappa shape index (κ2) is 5.11. The van der Waals surface area contributed by atoms with Crippen LogP contribution in [0, 0.1) is 5.41 Å². The quantitative estimate of drug-likeness (QED) is 0.765. The Hall–Kier alpha value is -2.11. The fourth-order valence-electron chi connectivity index (χ4n) is 1.87. The lowest BCUT2D eigenvalue weighted by Crippen LogP contribution is -2.38. The fraction of sp³-hybridized carbons (Fsp3) is 0.500. The highest BCUT2D eigenvalue weighted by Crippen LogP contribution is 2.39. The van der Waals surface area contributed by atoms with Gasteiger partial charge < -0.3 is 14.9 Å². The average Bonchev–Trinajstić information content (AvgIpc) is 2.25. The van der Waals surface area contributed by atoms with Gasteiger partial charge in [0, 0.05) is 5.57 Å². The Balaban J connectivity index is 3.22. The van der Waals surface area contributed by atoms with Crippen LogP contribution in [0.3, 0.4) is 0 Å². The number of hydrogen-bond donors (Lipinski definition) is 2. The molecule has 2 N–H and O–H groups in total. The molecule has 6 heteroatoms. The molecule has 0 saturated heterocycles. The third-order valence-corrected chi connectivity index (χ3v) is 2.96. The zero-order valence-corrected chi connectivity index (χ0v) is 11.9. The molecule has 0 amide bonds. The van der Waals surface area contributed by atoms with Crippen LogP contribution < -0.4 is 0 Å². The van der Waals surface area contributed by atoms with Crippen LogP contribution in [0.2, 0.25) is 0 Å². The molecule has 0 fully saturated rings. The van der Waals surface area contributed by atoms with Gasteiger partial charge in [-0.05, 0) is 34.1 Å². The van der Waals surface area contributed by atoms with Crippen LogP contribution in [0.1, 0.15) is 34.1 Å². The van der Waals surface area contributed by atoms with Gasteiger partial charge in [0.25, 0.3) is 0 Å². The number of carboxylic acid groups (broad SMARTS) is 2. The van der Waals surface area contributed by atoms with Gasteiger partial charge in [0.05, 0.1) is 5.57 Å². The summed E-state index contributed by atoms with van der Waals surface area (Å²) in [5.74, 6) is -3.21. The highest BCUT2D eigenvalue weighted by molar-refractivity contribution is 6.00. The molecule has 20 heavy (non-hydrogen) atoms. The molecule has 0 aromatic carbocycles. The fourth-order valence-corrected chi connectivity index (χ4v) is 1.87. The summed E-state index contributed by atoms with van der Waals surface area (Å²) in [6, 6.07) is 0. The first-order chi connectivity index (χ1) is 8.97. The van der Waals surface area contributed by atoms with Crippen LogP contribution in [0.15, 0.2) is 23.3 Å². The minimum absolute atomic E-state index is 0.0510. The largest absolute Gasteiger partial charge is 0.481 e. The number of aliphatic carboxylic acids is 2. The maximum absolute atomic E-state index is 12.1. The number of carboxylic acids is 2. The van der Waals surface area contributed by atoms with Crippen molar-refractivity contribution in [3.63, 3.8) is 0 Å². The van der Waals surface area contributed by atoms with Gasteiger partial charge in [0.1, 0.15) is 11.0 Å². The molecule has 0 saturated carbocycles. The van der Waals surface area contributed by atoms with Crippen LogP contribution in [0.5, 0.6) is 0 Å². The zero-order valence-electron chi connectivity index (χ0n) is 11.9. The predicted molar refractivity (Wildman–Crippen MR) is 70.0 cm³/mol. The van der Waals surface area contributed by atoms with Gasteiger partial charge in [-0.2, -0.15) is 0 Å². The zero-order chi connectivity index (χ0) is 15.7. The number of rotatable bonds is 3. The topological polar surface area (TPSA) is 101 Å². The van der Waals surface area contributed by atoms with E-state index in [-0.39, 0.29) is 17.6 Å². The average molecular weight is 282 g/mol. The summed E-state index contributed by atoms with van der Waals surface area (Å²) in [6.07, 6.45) is 2.20. The minimum atomic E-state index is -1.61. The maximum atomic E-state index is 12.1. The Labute approximate surface area is 116 Å². The van der Waals surface area contributed by atoms with Gasteiger partial charge in [-0.3, -0.25) is 4.79 Å². The van der Waals surface area contributed by atoms with Gasteiger partial charge >= 0.3 is 17.9 Å². The molecule has 0 heterocycles. The molecular weight excluding hydrogens is 264 g/mol. The van der Waals surface area contributed by atoms with Crippen molar-refractivity contribution in [3.8, 4) is 0 Å². The molecule has 1 aliphatic carbocycles. The molecule has 0 aromatic heterocycles. The van der Waals surface area contributed by atoms with Crippen molar-refractivity contribution in [2.24, 2.45) is 5.41 Å². The first-order valence-electron chi connectivity index (χ1n) is 6.09. The van der Waals surface area contributed by atoms with Crippen LogP contribution in [0.25, 0.3) is 0 Å². The van der Waals surface area contributed by atoms with Gasteiger partial charge in [-0.1, -0.05) is 12.2 Å². The first-order valence-corrected chi connectivity index (χ1v) is 6.09. The molecule has 0 radical (unpaired) electrons. The lowest BCUT2D eigenvalue weighted by Gasteiger charge is -2.31. The molecule has 1 aliphatic rings. The van der Waals surface area contributed by atoms with Crippen molar-refractivity contribution in [2.75, 3.05) is 0 Å². The van der Waals surface area contributed by atoms with Crippen molar-refractivity contribution < 1.29 is 29.3 Å². The van der Waals surface area contributed by atoms with Crippen molar-refractivity contribution in [2.45, 2.75) is 39.7 Å². The van der Waals surface area contributed by atoms with Crippen LogP contribution in [-0.4, -0.2) is 33.7 Å². The van der Waals surface area contributed by atoms with Gasteiger partial charge in [0.2, 0.25) is 0 Å². The molecule has 1 unspecified atom stereocenters. The minimum Gasteiger partial charge on any atom is -0.481 e. The second-order valence-corrected chi connectivity index (χ2v) is 5.89. The van der Waals surface area contributed by atoms with E-state index in [1.807, 2.05) is 0 Å². The molecule has 1 atom stereocenters. The van der Waals surface area contributed by atoms with E-state index in [0.29, 0.717) is 0 Å². The van der Waals surface area contributed by atoms with E-state index >= 15 is 0 Å². The highest BCUT2D eigenvalue weighted by Gasteiger charge is 2.45. The molecule has 0 aromatic rings. The number of allylic oxidation sites excluding steroid dienone is 2. The van der Waals surface area contributed by atoms with Crippen molar-refractivity contribution in [1.82, 2.24) is 0 Å². The number of hydrogen-bond acceptors (Lipinski definition) is 4. The smallest absolute Gasteiger partial charge is 0.335 e. The van der Waals surface area contributed by atoms with Crippen molar-refractivity contribution in [3.05, 3.63) is 23.3 Å². The first kappa shape index (κ1) is 15.9. The standard InChI is InChI=1S/C14H18O6/c1-13(2,3)20-11(17)9-6-5-8(10(15)16)7-14(9,4)12(18)19/h5-6H,7H2,1-4H3,(H,15,16)(H,18,19). The molecule has 0 bridgehead atoms. The summed E-state index contributed by atoms with van der Waals surface area (Å²) in [5, 5.41) is 18.3. The molecular formula is C14H18O6. The van der Waals surface area contributed by atoms with Crippen LogP contribution in [-0.2, 0) is 19.1 Å². The third kappa shape index (κ3) is 3.26. The summed E-state index contributed by atoms with van der Waals surface area (Å²) >= 11 is 0. The Morgan fingerprint density at radius 2 is 1.75 bits per heavy atom. The number of esters is 1. The Morgan fingerprint density at radius 1 is 1.20 bits per heavy atom. The number of carbonyl (C=O) groups excluding carboxylic acids is 1. The van der Waals surface area contributed by atoms with Crippen LogP contribution in [0.4, 0.5) is 0 Å². The van der Waals surface area contributed by atoms with Gasteiger partial charge in [-0.15, -0.1) is 0 Å². The summed E-state index contributed by atoms with van der Waals surface area (Å²) in [6.45, 7) is 6.34. The molecule has 110 valence electrons. The summed E-state index contributed by atoms with van der Waals surface area (Å²) in [7, 11) is 0. The number of carbonyl (C=O) groups is 3. The van der Waals surface area contributed by atoms with E-state index in [1.54, 1.807) is 20.8 Å².